The fourth-order valence-corrected chi connectivity index (χ4v) is 6.93. The number of halogens is 2. The Kier molecular flexibility index (Phi) is 8.65. The fraction of sp³-hybridized carbons (Fsp3) is 0.371. The number of methoxy groups -OCH3 is 1. The van der Waals surface area contributed by atoms with E-state index in [1.807, 2.05) is 0 Å². The maximum atomic E-state index is 16.1. The van der Waals surface area contributed by atoms with Gasteiger partial charge in [-0.15, -0.1) is 0 Å². The van der Waals surface area contributed by atoms with Gasteiger partial charge in [-0.05, 0) is 100 Å². The summed E-state index contributed by atoms with van der Waals surface area (Å²) >= 11 is 0. The van der Waals surface area contributed by atoms with Gasteiger partial charge in [0.15, 0.2) is 0 Å². The molecule has 1 aromatic heterocycles. The van der Waals surface area contributed by atoms with Crippen LogP contribution in [0.25, 0.3) is 22.3 Å². The van der Waals surface area contributed by atoms with E-state index in [9.17, 15) is 22.4 Å². The number of furan rings is 1. The van der Waals surface area contributed by atoms with Crippen LogP contribution in [0.2, 0.25) is 0 Å². The predicted molar refractivity (Wildman–Crippen MR) is 181 cm³/mol. The first kappa shape index (κ1) is 34.6. The second kappa shape index (κ2) is 12.3. The van der Waals surface area contributed by atoms with E-state index in [0.717, 1.165) is 36.6 Å². The number of nitrogens with zero attached hydrogens (tertiary/aromatic N) is 1. The zero-order chi connectivity index (χ0) is 35.6. The van der Waals surface area contributed by atoms with Crippen molar-refractivity contribution < 1.29 is 45.3 Å². The lowest BCUT2D eigenvalue weighted by Crippen LogP contribution is -2.41. The molecule has 2 heterocycles. The number of benzene rings is 3. The maximum Gasteiger partial charge on any atom is 0.498 e. The summed E-state index contributed by atoms with van der Waals surface area (Å²) in [6.45, 7) is 6.86. The minimum atomic E-state index is -4.02. The molecule has 1 amide bonds. The molecule has 0 atom stereocenters. The summed E-state index contributed by atoms with van der Waals surface area (Å²) < 4.78 is 81.2. The third-order valence-electron chi connectivity index (χ3n) is 9.49. The van der Waals surface area contributed by atoms with Gasteiger partial charge >= 0.3 is 13.1 Å². The molecule has 2 fully saturated rings. The van der Waals surface area contributed by atoms with E-state index in [-0.39, 0.29) is 51.6 Å². The lowest BCUT2D eigenvalue weighted by Gasteiger charge is -2.32. The van der Waals surface area contributed by atoms with Crippen molar-refractivity contribution in [3.05, 3.63) is 82.4 Å². The van der Waals surface area contributed by atoms with E-state index >= 15 is 4.39 Å². The third kappa shape index (κ3) is 6.33. The van der Waals surface area contributed by atoms with E-state index in [0.29, 0.717) is 16.5 Å². The average molecular weight is 695 g/mol. The molecule has 1 saturated heterocycles. The smallest absolute Gasteiger partial charge is 0.465 e. The number of rotatable bonds is 9. The highest BCUT2D eigenvalue weighted by atomic mass is 32.2. The van der Waals surface area contributed by atoms with E-state index in [2.05, 4.69) is 5.32 Å². The summed E-state index contributed by atoms with van der Waals surface area (Å²) in [6.07, 6.45) is 2.61. The van der Waals surface area contributed by atoms with Gasteiger partial charge in [0.25, 0.3) is 5.91 Å². The number of esters is 1. The molecule has 1 aliphatic heterocycles. The molecule has 0 spiro atoms. The predicted octanol–water partition coefficient (Wildman–Crippen LogP) is 5.67. The van der Waals surface area contributed by atoms with Crippen LogP contribution in [0.15, 0.2) is 52.9 Å². The summed E-state index contributed by atoms with van der Waals surface area (Å²) in [5, 5.41) is 3.09. The van der Waals surface area contributed by atoms with E-state index in [1.54, 1.807) is 39.8 Å². The number of hydrogen-bond acceptors (Lipinski definition) is 8. The molecule has 4 aromatic rings. The van der Waals surface area contributed by atoms with Gasteiger partial charge in [0.1, 0.15) is 23.0 Å². The van der Waals surface area contributed by atoms with Crippen molar-refractivity contribution in [2.45, 2.75) is 64.2 Å². The summed E-state index contributed by atoms with van der Waals surface area (Å²) in [5.41, 5.74) is 0.0880. The zero-order valence-corrected chi connectivity index (χ0v) is 29.1. The summed E-state index contributed by atoms with van der Waals surface area (Å²) in [7, 11) is -2.59. The van der Waals surface area contributed by atoms with Crippen molar-refractivity contribution in [3.63, 3.8) is 0 Å². The number of amides is 1. The third-order valence-corrected chi connectivity index (χ3v) is 10.6. The number of anilines is 1. The summed E-state index contributed by atoms with van der Waals surface area (Å²) in [5.74, 6) is -2.37. The van der Waals surface area contributed by atoms with Gasteiger partial charge in [0.2, 0.25) is 10.0 Å². The summed E-state index contributed by atoms with van der Waals surface area (Å²) in [4.78, 5) is 26.2. The van der Waals surface area contributed by atoms with E-state index < -0.39 is 51.9 Å². The van der Waals surface area contributed by atoms with Crippen molar-refractivity contribution in [1.82, 2.24) is 5.32 Å². The molecule has 1 aliphatic carbocycles. The number of hydrogen-bond donors (Lipinski definition) is 1. The zero-order valence-electron chi connectivity index (χ0n) is 28.3. The second-order valence-corrected chi connectivity index (χ2v) is 15.4. The van der Waals surface area contributed by atoms with Gasteiger partial charge in [-0.2, -0.15) is 0 Å². The first-order valence-corrected chi connectivity index (χ1v) is 17.6. The summed E-state index contributed by atoms with van der Waals surface area (Å²) in [6, 6.07) is 11.3. The Morgan fingerprint density at radius 1 is 1.02 bits per heavy atom. The first-order chi connectivity index (χ1) is 23.0. The van der Waals surface area contributed by atoms with Gasteiger partial charge in [-0.3, -0.25) is 9.10 Å². The number of ether oxygens (including phenoxy) is 1. The SMILES string of the molecule is CNC(=O)c1c(-c2ccc(F)cc2)oc2cc(N(Cc3cc(F)c(B4OC(C)(C)C(C)(C)O4)c(C(=O)OC)c3)S(C)(=O)=O)c(C3CC3)cc12. The van der Waals surface area contributed by atoms with Gasteiger partial charge in [-0.1, -0.05) is 0 Å². The fourth-order valence-electron chi connectivity index (χ4n) is 6.03. The van der Waals surface area contributed by atoms with Gasteiger partial charge < -0.3 is 23.8 Å². The number of carbonyl (C=O) groups excluding carboxylic acids is 2. The van der Waals surface area contributed by atoms with Crippen molar-refractivity contribution in [1.29, 1.82) is 0 Å². The molecule has 49 heavy (non-hydrogen) atoms. The Hall–Kier alpha value is -4.27. The quantitative estimate of drug-likeness (QED) is 0.176. The Labute approximate surface area is 283 Å². The Morgan fingerprint density at radius 2 is 1.65 bits per heavy atom. The first-order valence-electron chi connectivity index (χ1n) is 15.8. The van der Waals surface area contributed by atoms with Crippen molar-refractivity contribution in [2.24, 2.45) is 0 Å². The molecule has 258 valence electrons. The number of fused-ring (bicyclic) bond motifs is 1. The molecule has 10 nitrogen and oxygen atoms in total. The number of sulfonamides is 1. The Morgan fingerprint density at radius 3 is 2.20 bits per heavy atom. The van der Waals surface area contributed by atoms with Crippen LogP contribution in [0, 0.1) is 11.6 Å². The monoisotopic (exact) mass is 694 g/mol. The number of nitrogens with one attached hydrogen (secondary N) is 1. The van der Waals surface area contributed by atoms with Crippen molar-refractivity contribution >= 4 is 51.1 Å². The molecule has 1 N–H and O–H groups in total. The molecule has 2 aliphatic rings. The van der Waals surface area contributed by atoms with Crippen molar-refractivity contribution in [3.8, 4) is 11.3 Å². The maximum absolute atomic E-state index is 16.1. The average Bonchev–Trinajstić information content (AvgIpc) is 3.77. The molecule has 0 radical (unpaired) electrons. The molecule has 1 saturated carbocycles. The molecule has 14 heteroatoms. The van der Waals surface area contributed by atoms with Crippen LogP contribution in [0.5, 0.6) is 0 Å². The highest BCUT2D eigenvalue weighted by Gasteiger charge is 2.53. The van der Waals surface area contributed by atoms with Crippen LogP contribution in [0.3, 0.4) is 0 Å². The van der Waals surface area contributed by atoms with Gasteiger partial charge in [0.05, 0.1) is 47.9 Å². The molecular weight excluding hydrogens is 657 g/mol. The topological polar surface area (TPSA) is 124 Å². The van der Waals surface area contributed by atoms with Gasteiger partial charge in [0, 0.05) is 29.5 Å². The number of carbonyl (C=O) groups is 2. The van der Waals surface area contributed by atoms with Crippen LogP contribution in [0.1, 0.15) is 78.3 Å². The van der Waals surface area contributed by atoms with E-state index in [4.69, 9.17) is 18.5 Å². The van der Waals surface area contributed by atoms with E-state index in [1.165, 1.54) is 37.4 Å². The molecular formula is C35H37BF2N2O8S. The molecule has 0 unspecified atom stereocenters. The van der Waals surface area contributed by atoms with Crippen LogP contribution >= 0.6 is 0 Å². The van der Waals surface area contributed by atoms with Crippen LogP contribution < -0.4 is 15.1 Å². The largest absolute Gasteiger partial charge is 0.498 e. The lowest BCUT2D eigenvalue weighted by atomic mass is 9.74. The molecule has 6 rings (SSSR count). The highest BCUT2D eigenvalue weighted by Crippen LogP contribution is 2.48. The lowest BCUT2D eigenvalue weighted by molar-refractivity contribution is 0.00578. The van der Waals surface area contributed by atoms with Crippen LogP contribution in [-0.4, -0.2) is 59.0 Å². The van der Waals surface area contributed by atoms with Crippen LogP contribution in [-0.2, 0) is 30.6 Å². The molecule has 3 aromatic carbocycles. The second-order valence-electron chi connectivity index (χ2n) is 13.5. The van der Waals surface area contributed by atoms with Gasteiger partial charge in [-0.25, -0.2) is 22.0 Å². The Balaban J connectivity index is 1.49. The van der Waals surface area contributed by atoms with Crippen molar-refractivity contribution in [2.75, 3.05) is 24.7 Å². The minimum Gasteiger partial charge on any atom is -0.465 e. The van der Waals surface area contributed by atoms with Crippen LogP contribution in [0.4, 0.5) is 14.5 Å². The standard InChI is InChI=1S/C35H37BF2N2O8S/c1-34(2)35(3,4)48-36(47-34)30-25(33(42)45-6)14-19(15-26(30)38)18-40(49(7,43)44)27-17-28-24(16-23(27)20-8-9-20)29(32(41)39-5)31(46-28)21-10-12-22(37)13-11-21/h10-17,20H,8-9,18H2,1-7H3,(H,39,41). The minimum absolute atomic E-state index is 0.00141. The Bertz CT molecular complexity index is 2080. The normalized spacial score (nSPS) is 17.0. The molecule has 0 bridgehead atoms. The highest BCUT2D eigenvalue weighted by molar-refractivity contribution is 7.92.